The van der Waals surface area contributed by atoms with E-state index in [4.69, 9.17) is 9.84 Å². The molecule has 0 aliphatic carbocycles. The summed E-state index contributed by atoms with van der Waals surface area (Å²) in [6.07, 6.45) is 0.0577. The van der Waals surface area contributed by atoms with E-state index in [1.807, 2.05) is 30.3 Å². The number of rotatable bonds is 4. The predicted molar refractivity (Wildman–Crippen MR) is 102 cm³/mol. The summed E-state index contributed by atoms with van der Waals surface area (Å²) in [5, 5.41) is 10.4. The van der Waals surface area contributed by atoms with Crippen LogP contribution < -0.4 is 4.74 Å². The van der Waals surface area contributed by atoms with E-state index in [9.17, 15) is 4.79 Å². The molecule has 0 spiro atoms. The van der Waals surface area contributed by atoms with Gasteiger partial charge in [0.2, 0.25) is 0 Å². The van der Waals surface area contributed by atoms with Crippen LogP contribution in [0.1, 0.15) is 32.4 Å². The van der Waals surface area contributed by atoms with Gasteiger partial charge in [0, 0.05) is 0 Å². The van der Waals surface area contributed by atoms with E-state index in [-0.39, 0.29) is 12.0 Å². The Bertz CT molecular complexity index is 810. The Hall–Kier alpha value is -2.81. The molecule has 0 aliphatic rings. The summed E-state index contributed by atoms with van der Waals surface area (Å²) in [7, 11) is 0. The van der Waals surface area contributed by atoms with Crippen molar-refractivity contribution in [1.82, 2.24) is 0 Å². The third kappa shape index (κ3) is 5.64. The summed E-state index contributed by atoms with van der Waals surface area (Å²) >= 11 is 0. The number of carboxylic acids is 1. The molecule has 0 bridgehead atoms. The number of hydrogen-bond donors (Lipinski definition) is 1. The Morgan fingerprint density at radius 2 is 1.40 bits per heavy atom. The number of ether oxygens (including phenoxy) is 1. The van der Waals surface area contributed by atoms with Crippen LogP contribution in [0, 0.1) is 5.92 Å². The highest BCUT2D eigenvalue weighted by Crippen LogP contribution is 2.25. The minimum absolute atomic E-state index is 0.0577. The molecular formula is C22H24O3. The normalized spacial score (nSPS) is 11.5. The molecule has 0 aliphatic heterocycles. The van der Waals surface area contributed by atoms with Crippen molar-refractivity contribution in [2.45, 2.75) is 26.9 Å². The van der Waals surface area contributed by atoms with Gasteiger partial charge in [-0.2, -0.15) is 0 Å². The van der Waals surface area contributed by atoms with Gasteiger partial charge in [0.15, 0.2) is 0 Å². The van der Waals surface area contributed by atoms with E-state index in [1.165, 1.54) is 16.3 Å². The summed E-state index contributed by atoms with van der Waals surface area (Å²) in [5.41, 5.74) is 1.19. The Kier molecular flexibility index (Phi) is 6.58. The second kappa shape index (κ2) is 8.88. The molecule has 3 aromatic carbocycles. The summed E-state index contributed by atoms with van der Waals surface area (Å²) in [6.45, 7) is 5.36. The van der Waals surface area contributed by atoms with Gasteiger partial charge < -0.3 is 9.84 Å². The third-order valence-electron chi connectivity index (χ3n) is 3.80. The number of fused-ring (bicyclic) bond motifs is 1. The second-order valence-corrected chi connectivity index (χ2v) is 6.17. The van der Waals surface area contributed by atoms with Crippen molar-refractivity contribution >= 4 is 16.7 Å². The van der Waals surface area contributed by atoms with Crippen LogP contribution >= 0.6 is 0 Å². The standard InChI is InChI=1S/C18H16O.C4H8O2/c1-14(15-7-3-2-4-8-15)19-18-12-11-16-9-5-6-10-17(16)13-18;1-3(2)4(5)6/h2-14H,1H3;3H,1-2H3,(H,5,6). The van der Waals surface area contributed by atoms with E-state index >= 15 is 0 Å². The van der Waals surface area contributed by atoms with Crippen molar-refractivity contribution in [3.05, 3.63) is 78.4 Å². The molecule has 1 N–H and O–H groups in total. The number of hydrogen-bond acceptors (Lipinski definition) is 2. The van der Waals surface area contributed by atoms with Crippen LogP contribution in [-0.2, 0) is 4.79 Å². The zero-order chi connectivity index (χ0) is 18.2. The minimum Gasteiger partial charge on any atom is -0.486 e. The van der Waals surface area contributed by atoms with E-state index in [2.05, 4.69) is 49.4 Å². The first-order valence-corrected chi connectivity index (χ1v) is 8.40. The van der Waals surface area contributed by atoms with Crippen LogP contribution in [0.5, 0.6) is 5.75 Å². The van der Waals surface area contributed by atoms with E-state index in [0.717, 1.165) is 5.75 Å². The summed E-state index contributed by atoms with van der Waals surface area (Å²) in [6, 6.07) is 24.8. The molecule has 0 fully saturated rings. The fourth-order valence-electron chi connectivity index (χ4n) is 2.24. The first-order valence-electron chi connectivity index (χ1n) is 8.40. The molecule has 25 heavy (non-hydrogen) atoms. The highest BCUT2D eigenvalue weighted by molar-refractivity contribution is 5.83. The summed E-state index contributed by atoms with van der Waals surface area (Å²) < 4.78 is 6.01. The van der Waals surface area contributed by atoms with Crippen molar-refractivity contribution < 1.29 is 14.6 Å². The number of benzene rings is 3. The van der Waals surface area contributed by atoms with Gasteiger partial charge in [0.25, 0.3) is 0 Å². The highest BCUT2D eigenvalue weighted by atomic mass is 16.5. The Morgan fingerprint density at radius 1 is 0.840 bits per heavy atom. The highest BCUT2D eigenvalue weighted by Gasteiger charge is 2.06. The van der Waals surface area contributed by atoms with Crippen LogP contribution in [0.25, 0.3) is 10.8 Å². The van der Waals surface area contributed by atoms with Gasteiger partial charge >= 0.3 is 5.97 Å². The zero-order valence-electron chi connectivity index (χ0n) is 14.8. The van der Waals surface area contributed by atoms with E-state index < -0.39 is 5.97 Å². The van der Waals surface area contributed by atoms with Crippen LogP contribution in [0.15, 0.2) is 72.8 Å². The molecule has 130 valence electrons. The summed E-state index contributed by atoms with van der Waals surface area (Å²) in [5.74, 6) is -0.0601. The fourth-order valence-corrected chi connectivity index (χ4v) is 2.24. The van der Waals surface area contributed by atoms with Crippen molar-refractivity contribution in [2.75, 3.05) is 0 Å². The van der Waals surface area contributed by atoms with Crippen LogP contribution in [-0.4, -0.2) is 11.1 Å². The lowest BCUT2D eigenvalue weighted by atomic mass is 10.1. The topological polar surface area (TPSA) is 46.5 Å². The van der Waals surface area contributed by atoms with Gasteiger partial charge in [-0.05, 0) is 35.4 Å². The van der Waals surface area contributed by atoms with Crippen LogP contribution in [0.3, 0.4) is 0 Å². The minimum atomic E-state index is -0.741. The van der Waals surface area contributed by atoms with Gasteiger partial charge in [0.1, 0.15) is 11.9 Å². The molecular weight excluding hydrogens is 312 g/mol. The molecule has 0 heterocycles. The fraction of sp³-hybridized carbons (Fsp3) is 0.227. The van der Waals surface area contributed by atoms with Crippen molar-refractivity contribution in [2.24, 2.45) is 5.92 Å². The van der Waals surface area contributed by atoms with Crippen molar-refractivity contribution in [3.63, 3.8) is 0 Å². The second-order valence-electron chi connectivity index (χ2n) is 6.17. The average molecular weight is 336 g/mol. The van der Waals surface area contributed by atoms with Crippen molar-refractivity contribution in [1.29, 1.82) is 0 Å². The zero-order valence-corrected chi connectivity index (χ0v) is 14.8. The number of aliphatic carboxylic acids is 1. The van der Waals surface area contributed by atoms with Crippen LogP contribution in [0.2, 0.25) is 0 Å². The average Bonchev–Trinajstić information content (AvgIpc) is 2.63. The molecule has 3 rings (SSSR count). The molecule has 1 atom stereocenters. The largest absolute Gasteiger partial charge is 0.486 e. The molecule has 0 amide bonds. The Morgan fingerprint density at radius 3 is 2.00 bits per heavy atom. The van der Waals surface area contributed by atoms with Gasteiger partial charge in [-0.3, -0.25) is 4.79 Å². The number of carboxylic acid groups (broad SMARTS) is 1. The molecule has 3 aromatic rings. The maximum atomic E-state index is 9.70. The molecule has 0 aromatic heterocycles. The van der Waals surface area contributed by atoms with Gasteiger partial charge in [0.05, 0.1) is 5.92 Å². The van der Waals surface area contributed by atoms with Gasteiger partial charge in [-0.15, -0.1) is 0 Å². The molecule has 3 nitrogen and oxygen atoms in total. The molecule has 0 radical (unpaired) electrons. The Labute approximate surface area is 148 Å². The first-order chi connectivity index (χ1) is 12.0. The lowest BCUT2D eigenvalue weighted by Gasteiger charge is -2.15. The van der Waals surface area contributed by atoms with E-state index in [1.54, 1.807) is 13.8 Å². The molecule has 3 heteroatoms. The van der Waals surface area contributed by atoms with E-state index in [0.29, 0.717) is 0 Å². The van der Waals surface area contributed by atoms with Gasteiger partial charge in [-0.25, -0.2) is 0 Å². The van der Waals surface area contributed by atoms with Crippen LogP contribution in [0.4, 0.5) is 0 Å². The quantitative estimate of drug-likeness (QED) is 0.664. The van der Waals surface area contributed by atoms with Gasteiger partial charge in [-0.1, -0.05) is 74.5 Å². The SMILES string of the molecule is CC(C)C(=O)O.CC(Oc1ccc2ccccc2c1)c1ccccc1. The Balaban J connectivity index is 0.000000326. The molecule has 0 saturated heterocycles. The third-order valence-corrected chi connectivity index (χ3v) is 3.80. The number of carbonyl (C=O) groups is 1. The molecule has 1 unspecified atom stereocenters. The smallest absolute Gasteiger partial charge is 0.305 e. The lowest BCUT2D eigenvalue weighted by molar-refractivity contribution is -0.140. The maximum absolute atomic E-state index is 9.70. The monoisotopic (exact) mass is 336 g/mol. The molecule has 0 saturated carbocycles. The first kappa shape index (κ1) is 18.5. The summed E-state index contributed by atoms with van der Waals surface area (Å²) in [4.78, 5) is 9.70. The maximum Gasteiger partial charge on any atom is 0.305 e. The van der Waals surface area contributed by atoms with Crippen molar-refractivity contribution in [3.8, 4) is 5.75 Å². The predicted octanol–water partition coefficient (Wildman–Crippen LogP) is 5.71. The lowest BCUT2D eigenvalue weighted by Crippen LogP contribution is -2.03.